The van der Waals surface area contributed by atoms with Crippen LogP contribution < -0.4 is 10.1 Å². The van der Waals surface area contributed by atoms with Gasteiger partial charge in [0.2, 0.25) is 0 Å². The Bertz CT molecular complexity index is 1020. The minimum Gasteiger partial charge on any atom is -0.495 e. The molecule has 0 atom stereocenters. The van der Waals surface area contributed by atoms with Crippen LogP contribution in [0.4, 0.5) is 10.8 Å². The lowest BCUT2D eigenvalue weighted by Gasteiger charge is -2.32. The Morgan fingerprint density at radius 1 is 1.10 bits per heavy atom. The number of amides is 1. The molecule has 1 saturated heterocycles. The molecule has 0 saturated carbocycles. The van der Waals surface area contributed by atoms with Crippen molar-refractivity contribution in [3.63, 3.8) is 0 Å². The van der Waals surface area contributed by atoms with E-state index < -0.39 is 0 Å². The van der Waals surface area contributed by atoms with Gasteiger partial charge in [-0.2, -0.15) is 0 Å². The van der Waals surface area contributed by atoms with Gasteiger partial charge in [-0.25, -0.2) is 4.98 Å². The molecule has 1 aliphatic heterocycles. The van der Waals surface area contributed by atoms with Crippen LogP contribution in [0.25, 0.3) is 0 Å². The van der Waals surface area contributed by atoms with E-state index in [0.29, 0.717) is 15.9 Å². The third-order valence-corrected chi connectivity index (χ3v) is 6.73. The Labute approximate surface area is 181 Å². The molecule has 1 aromatic heterocycles. The number of carbonyl (C=O) groups is 1. The van der Waals surface area contributed by atoms with E-state index in [1.54, 1.807) is 7.11 Å². The topological polar surface area (TPSA) is 54.5 Å². The summed E-state index contributed by atoms with van der Waals surface area (Å²) < 4.78 is 5.39. The number of hydrogen-bond acceptors (Lipinski definition) is 5. The van der Waals surface area contributed by atoms with Gasteiger partial charge in [0.1, 0.15) is 10.6 Å². The molecule has 5 nitrogen and oxygen atoms in total. The number of ether oxygens (including phenoxy) is 1. The SMILES string of the molecule is COc1ccccc1Nc1nc(C)c(C(=O)N2CCC(c3ccc(C)cc3)CC2)s1. The summed E-state index contributed by atoms with van der Waals surface area (Å²) in [7, 11) is 1.64. The van der Waals surface area contributed by atoms with Crippen molar-refractivity contribution in [2.24, 2.45) is 0 Å². The molecule has 1 N–H and O–H groups in total. The second kappa shape index (κ2) is 8.88. The van der Waals surface area contributed by atoms with Gasteiger partial charge in [-0.15, -0.1) is 0 Å². The summed E-state index contributed by atoms with van der Waals surface area (Å²) in [5, 5.41) is 3.99. The first-order valence-electron chi connectivity index (χ1n) is 10.3. The van der Waals surface area contributed by atoms with Crippen LogP contribution in [-0.2, 0) is 0 Å². The number of methoxy groups -OCH3 is 1. The van der Waals surface area contributed by atoms with Gasteiger partial charge >= 0.3 is 0 Å². The maximum absolute atomic E-state index is 13.1. The zero-order valence-corrected chi connectivity index (χ0v) is 18.5. The highest BCUT2D eigenvalue weighted by atomic mass is 32.1. The van der Waals surface area contributed by atoms with Crippen LogP contribution in [0.3, 0.4) is 0 Å². The lowest BCUT2D eigenvalue weighted by Crippen LogP contribution is -2.37. The van der Waals surface area contributed by atoms with Gasteiger partial charge in [-0.05, 0) is 50.3 Å². The predicted molar refractivity (Wildman–Crippen MR) is 122 cm³/mol. The highest BCUT2D eigenvalue weighted by Gasteiger charge is 2.27. The fraction of sp³-hybridized carbons (Fsp3) is 0.333. The van der Waals surface area contributed by atoms with Gasteiger partial charge < -0.3 is 15.0 Å². The van der Waals surface area contributed by atoms with Crippen molar-refractivity contribution in [2.75, 3.05) is 25.5 Å². The van der Waals surface area contributed by atoms with Crippen LogP contribution in [0.5, 0.6) is 5.75 Å². The molecule has 2 aromatic carbocycles. The summed E-state index contributed by atoms with van der Waals surface area (Å²) in [6.07, 6.45) is 2.00. The van der Waals surface area contributed by atoms with Crippen molar-refractivity contribution >= 4 is 28.1 Å². The minimum atomic E-state index is 0.0837. The molecule has 4 rings (SSSR count). The van der Waals surface area contributed by atoms with Crippen LogP contribution in [0.1, 0.15) is 45.3 Å². The van der Waals surface area contributed by atoms with Crippen molar-refractivity contribution in [2.45, 2.75) is 32.6 Å². The van der Waals surface area contributed by atoms with Crippen molar-refractivity contribution < 1.29 is 9.53 Å². The van der Waals surface area contributed by atoms with E-state index in [-0.39, 0.29) is 5.91 Å². The molecule has 30 heavy (non-hydrogen) atoms. The van der Waals surface area contributed by atoms with E-state index in [9.17, 15) is 4.79 Å². The van der Waals surface area contributed by atoms with Crippen LogP contribution in [0, 0.1) is 13.8 Å². The summed E-state index contributed by atoms with van der Waals surface area (Å²) in [6, 6.07) is 16.5. The summed E-state index contributed by atoms with van der Waals surface area (Å²) in [6.45, 7) is 5.57. The Hall–Kier alpha value is -2.86. The van der Waals surface area contributed by atoms with Gasteiger partial charge in [-0.3, -0.25) is 4.79 Å². The zero-order valence-electron chi connectivity index (χ0n) is 17.6. The number of para-hydroxylation sites is 2. The fourth-order valence-corrected chi connectivity index (χ4v) is 4.86. The zero-order chi connectivity index (χ0) is 21.1. The first-order chi connectivity index (χ1) is 14.5. The summed E-state index contributed by atoms with van der Waals surface area (Å²) in [4.78, 5) is 20.4. The molecular weight excluding hydrogens is 394 g/mol. The number of carbonyl (C=O) groups excluding carboxylic acids is 1. The van der Waals surface area contributed by atoms with Crippen LogP contribution in [0.2, 0.25) is 0 Å². The summed E-state index contributed by atoms with van der Waals surface area (Å²) >= 11 is 1.41. The lowest BCUT2D eigenvalue weighted by atomic mass is 9.89. The molecule has 1 aliphatic rings. The molecule has 156 valence electrons. The fourth-order valence-electron chi connectivity index (χ4n) is 3.91. The average Bonchev–Trinajstić information content (AvgIpc) is 3.14. The quantitative estimate of drug-likeness (QED) is 0.588. The monoisotopic (exact) mass is 421 g/mol. The molecule has 3 aromatic rings. The number of nitrogens with zero attached hydrogens (tertiary/aromatic N) is 2. The molecule has 6 heteroatoms. The molecule has 0 spiro atoms. The number of likely N-dealkylation sites (tertiary alicyclic amines) is 1. The standard InChI is InChI=1S/C24H27N3O2S/c1-16-8-10-18(11-9-16)19-12-14-27(15-13-19)23(28)22-17(2)25-24(30-22)26-20-6-4-5-7-21(20)29-3/h4-11,19H,12-15H2,1-3H3,(H,25,26). The van der Waals surface area contributed by atoms with E-state index >= 15 is 0 Å². The number of aromatic nitrogens is 1. The smallest absolute Gasteiger partial charge is 0.265 e. The van der Waals surface area contributed by atoms with Gasteiger partial charge in [0, 0.05) is 13.1 Å². The summed E-state index contributed by atoms with van der Waals surface area (Å²) in [5.74, 6) is 1.36. The molecular formula is C24H27N3O2S. The molecule has 0 bridgehead atoms. The Morgan fingerprint density at radius 2 is 1.80 bits per heavy atom. The number of nitrogens with one attached hydrogen (secondary N) is 1. The predicted octanol–water partition coefficient (Wildman–Crippen LogP) is 5.53. The van der Waals surface area contributed by atoms with Crippen LogP contribution in [-0.4, -0.2) is 36.0 Å². The van der Waals surface area contributed by atoms with Crippen molar-refractivity contribution in [1.82, 2.24) is 9.88 Å². The van der Waals surface area contributed by atoms with Crippen molar-refractivity contribution in [1.29, 1.82) is 0 Å². The third-order valence-electron chi connectivity index (χ3n) is 5.67. The maximum atomic E-state index is 13.1. The molecule has 0 unspecified atom stereocenters. The Balaban J connectivity index is 1.42. The average molecular weight is 422 g/mol. The Morgan fingerprint density at radius 3 is 2.50 bits per heavy atom. The first kappa shape index (κ1) is 20.4. The van der Waals surface area contributed by atoms with Gasteiger partial charge in [0.15, 0.2) is 5.13 Å². The van der Waals surface area contributed by atoms with Gasteiger partial charge in [0.05, 0.1) is 18.5 Å². The highest BCUT2D eigenvalue weighted by molar-refractivity contribution is 7.17. The van der Waals surface area contributed by atoms with E-state index in [1.165, 1.54) is 22.5 Å². The number of hydrogen-bond donors (Lipinski definition) is 1. The normalized spacial score (nSPS) is 14.6. The second-order valence-corrected chi connectivity index (χ2v) is 8.74. The number of anilines is 2. The van der Waals surface area contributed by atoms with Gasteiger partial charge in [-0.1, -0.05) is 53.3 Å². The largest absolute Gasteiger partial charge is 0.495 e. The maximum Gasteiger partial charge on any atom is 0.265 e. The van der Waals surface area contributed by atoms with Crippen LogP contribution in [0.15, 0.2) is 48.5 Å². The highest BCUT2D eigenvalue weighted by Crippen LogP contribution is 2.33. The molecule has 1 fully saturated rings. The van der Waals surface area contributed by atoms with E-state index in [1.807, 2.05) is 36.1 Å². The second-order valence-electron chi connectivity index (χ2n) is 7.74. The van der Waals surface area contributed by atoms with Crippen molar-refractivity contribution in [3.8, 4) is 5.75 Å². The molecule has 2 heterocycles. The van der Waals surface area contributed by atoms with Crippen molar-refractivity contribution in [3.05, 3.63) is 70.2 Å². The van der Waals surface area contributed by atoms with Gasteiger partial charge in [0.25, 0.3) is 5.91 Å². The molecule has 0 aliphatic carbocycles. The minimum absolute atomic E-state index is 0.0837. The molecule has 0 radical (unpaired) electrons. The third kappa shape index (κ3) is 4.33. The van der Waals surface area contributed by atoms with E-state index in [2.05, 4.69) is 41.5 Å². The molecule has 1 amide bonds. The number of aryl methyl sites for hydroxylation is 2. The number of thiazole rings is 1. The van der Waals surface area contributed by atoms with E-state index in [4.69, 9.17) is 4.74 Å². The summed E-state index contributed by atoms with van der Waals surface area (Å²) in [5.41, 5.74) is 4.27. The number of rotatable bonds is 5. The Kier molecular flexibility index (Phi) is 6.04. The number of benzene rings is 2. The lowest BCUT2D eigenvalue weighted by molar-refractivity contribution is 0.0717. The number of piperidine rings is 1. The first-order valence-corrected chi connectivity index (χ1v) is 11.1. The van der Waals surface area contributed by atoms with E-state index in [0.717, 1.165) is 43.1 Å². The van der Waals surface area contributed by atoms with Crippen LogP contribution >= 0.6 is 11.3 Å².